The van der Waals surface area contributed by atoms with Crippen molar-refractivity contribution in [2.45, 2.75) is 30.7 Å². The molecule has 0 spiro atoms. The van der Waals surface area contributed by atoms with E-state index in [1.807, 2.05) is 0 Å². The van der Waals surface area contributed by atoms with Crippen molar-refractivity contribution in [3.8, 4) is 0 Å². The van der Waals surface area contributed by atoms with Gasteiger partial charge < -0.3 is 4.90 Å². The molecule has 0 unspecified atom stereocenters. The normalized spacial score (nSPS) is 18.6. The van der Waals surface area contributed by atoms with Gasteiger partial charge in [-0.2, -0.15) is 0 Å². The van der Waals surface area contributed by atoms with Gasteiger partial charge in [-0.3, -0.25) is 0 Å². The van der Waals surface area contributed by atoms with Crippen LogP contribution in [0.3, 0.4) is 0 Å². The highest BCUT2D eigenvalue weighted by atomic mass is 79.9. The van der Waals surface area contributed by atoms with Gasteiger partial charge in [-0.05, 0) is 56.7 Å². The lowest BCUT2D eigenvalue weighted by molar-refractivity contribution is 0.217. The molecule has 1 N–H and O–H groups in total. The van der Waals surface area contributed by atoms with Gasteiger partial charge in [0, 0.05) is 10.5 Å². The number of benzene rings is 1. The highest BCUT2D eigenvalue weighted by molar-refractivity contribution is 9.10. The molecule has 1 aliphatic rings. The minimum absolute atomic E-state index is 0.0523. The summed E-state index contributed by atoms with van der Waals surface area (Å²) >= 11 is 3.30. The molecular formula is C13H19BrN2O2S. The van der Waals surface area contributed by atoms with E-state index in [4.69, 9.17) is 0 Å². The van der Waals surface area contributed by atoms with Gasteiger partial charge in [-0.15, -0.1) is 0 Å². The number of nitrogens with one attached hydrogen (secondary N) is 1. The Bertz CT molecular complexity index is 508. The van der Waals surface area contributed by atoms with Gasteiger partial charge in [0.2, 0.25) is 10.0 Å². The Morgan fingerprint density at radius 2 is 1.84 bits per heavy atom. The molecule has 0 bridgehead atoms. The van der Waals surface area contributed by atoms with Crippen LogP contribution in [-0.2, 0) is 10.0 Å². The third-order valence-electron chi connectivity index (χ3n) is 3.48. The second-order valence-electron chi connectivity index (χ2n) is 4.78. The predicted molar refractivity (Wildman–Crippen MR) is 79.6 cm³/mol. The Labute approximate surface area is 123 Å². The summed E-state index contributed by atoms with van der Waals surface area (Å²) in [6.45, 7) is 5.09. The maximum atomic E-state index is 12.2. The molecule has 19 heavy (non-hydrogen) atoms. The molecule has 0 radical (unpaired) electrons. The molecule has 6 heteroatoms. The molecule has 0 amide bonds. The van der Waals surface area contributed by atoms with Crippen molar-refractivity contribution in [3.05, 3.63) is 28.7 Å². The van der Waals surface area contributed by atoms with E-state index >= 15 is 0 Å². The Morgan fingerprint density at radius 1 is 1.26 bits per heavy atom. The van der Waals surface area contributed by atoms with Crippen molar-refractivity contribution in [2.75, 3.05) is 19.6 Å². The first kappa shape index (κ1) is 15.0. The van der Waals surface area contributed by atoms with E-state index in [1.165, 1.54) is 0 Å². The smallest absolute Gasteiger partial charge is 0.240 e. The fraction of sp³-hybridized carbons (Fsp3) is 0.538. The van der Waals surface area contributed by atoms with Crippen LogP contribution in [0.15, 0.2) is 33.6 Å². The van der Waals surface area contributed by atoms with Crippen LogP contribution in [0.25, 0.3) is 0 Å². The Kier molecular flexibility index (Phi) is 5.00. The highest BCUT2D eigenvalue weighted by Gasteiger charge is 2.23. The molecule has 0 saturated carbocycles. The largest absolute Gasteiger partial charge is 0.303 e. The molecule has 0 atom stereocenters. The van der Waals surface area contributed by atoms with Crippen LogP contribution in [0.1, 0.15) is 19.8 Å². The van der Waals surface area contributed by atoms with Crippen molar-refractivity contribution in [3.63, 3.8) is 0 Å². The fourth-order valence-corrected chi connectivity index (χ4v) is 3.84. The van der Waals surface area contributed by atoms with Crippen LogP contribution in [0.4, 0.5) is 0 Å². The van der Waals surface area contributed by atoms with Gasteiger partial charge >= 0.3 is 0 Å². The maximum absolute atomic E-state index is 12.2. The summed E-state index contributed by atoms with van der Waals surface area (Å²) < 4.78 is 28.1. The summed E-state index contributed by atoms with van der Waals surface area (Å²) in [7, 11) is -3.39. The molecule has 4 nitrogen and oxygen atoms in total. The minimum atomic E-state index is -3.39. The van der Waals surface area contributed by atoms with Gasteiger partial charge in [0.25, 0.3) is 0 Å². The number of hydrogen-bond acceptors (Lipinski definition) is 3. The zero-order valence-electron chi connectivity index (χ0n) is 11.0. The minimum Gasteiger partial charge on any atom is -0.303 e. The van der Waals surface area contributed by atoms with Crippen LogP contribution < -0.4 is 4.72 Å². The van der Waals surface area contributed by atoms with Crippen LogP contribution in [0.2, 0.25) is 0 Å². The van der Waals surface area contributed by atoms with E-state index in [0.29, 0.717) is 4.90 Å². The van der Waals surface area contributed by atoms with Crippen molar-refractivity contribution < 1.29 is 8.42 Å². The quantitative estimate of drug-likeness (QED) is 0.909. The van der Waals surface area contributed by atoms with Crippen LogP contribution >= 0.6 is 15.9 Å². The van der Waals surface area contributed by atoms with Crippen LogP contribution in [0, 0.1) is 0 Å². The first-order chi connectivity index (χ1) is 9.01. The standard InChI is InChI=1S/C13H19BrN2O2S/c1-2-16-9-7-12(8-10-16)15-19(17,18)13-5-3-11(14)4-6-13/h3-6,12,15H,2,7-10H2,1H3. The molecule has 1 fully saturated rings. The molecule has 106 valence electrons. The summed E-state index contributed by atoms with van der Waals surface area (Å²) in [5, 5.41) is 0. The van der Waals surface area contributed by atoms with Gasteiger partial charge in [0.05, 0.1) is 4.90 Å². The second-order valence-corrected chi connectivity index (χ2v) is 7.41. The van der Waals surface area contributed by atoms with E-state index in [1.54, 1.807) is 24.3 Å². The Hall–Kier alpha value is -0.430. The predicted octanol–water partition coefficient (Wildman–Crippen LogP) is 2.21. The van der Waals surface area contributed by atoms with E-state index in [9.17, 15) is 8.42 Å². The van der Waals surface area contributed by atoms with Crippen molar-refractivity contribution >= 4 is 26.0 Å². The Balaban J connectivity index is 2.00. The summed E-state index contributed by atoms with van der Waals surface area (Å²) in [4.78, 5) is 2.67. The third-order valence-corrected chi connectivity index (χ3v) is 5.55. The SMILES string of the molecule is CCN1CCC(NS(=O)(=O)c2ccc(Br)cc2)CC1. The molecule has 1 saturated heterocycles. The summed E-state index contributed by atoms with van der Waals surface area (Å²) in [5.41, 5.74) is 0. The van der Waals surface area contributed by atoms with Gasteiger partial charge in [0.1, 0.15) is 0 Å². The van der Waals surface area contributed by atoms with E-state index < -0.39 is 10.0 Å². The average molecular weight is 347 g/mol. The van der Waals surface area contributed by atoms with E-state index in [2.05, 4.69) is 32.5 Å². The maximum Gasteiger partial charge on any atom is 0.240 e. The number of sulfonamides is 1. The van der Waals surface area contributed by atoms with Crippen molar-refractivity contribution in [2.24, 2.45) is 0 Å². The topological polar surface area (TPSA) is 49.4 Å². The van der Waals surface area contributed by atoms with Crippen LogP contribution in [0.5, 0.6) is 0 Å². The number of likely N-dealkylation sites (tertiary alicyclic amines) is 1. The third kappa shape index (κ3) is 4.02. The highest BCUT2D eigenvalue weighted by Crippen LogP contribution is 2.17. The summed E-state index contributed by atoms with van der Waals surface area (Å²) in [6, 6.07) is 6.78. The molecule has 0 aliphatic carbocycles. The zero-order chi connectivity index (χ0) is 13.9. The number of nitrogens with zero attached hydrogens (tertiary/aromatic N) is 1. The number of piperidine rings is 1. The molecule has 1 aromatic rings. The van der Waals surface area contributed by atoms with Gasteiger partial charge in [-0.1, -0.05) is 22.9 Å². The zero-order valence-corrected chi connectivity index (χ0v) is 13.4. The average Bonchev–Trinajstić information content (AvgIpc) is 2.40. The Morgan fingerprint density at radius 3 is 2.37 bits per heavy atom. The molecule has 2 rings (SSSR count). The fourth-order valence-electron chi connectivity index (χ4n) is 2.27. The lowest BCUT2D eigenvalue weighted by atomic mass is 10.1. The van der Waals surface area contributed by atoms with Crippen molar-refractivity contribution in [1.29, 1.82) is 0 Å². The first-order valence-electron chi connectivity index (χ1n) is 6.51. The number of halogens is 1. The second kappa shape index (κ2) is 6.35. The first-order valence-corrected chi connectivity index (χ1v) is 8.79. The molecule has 1 aliphatic heterocycles. The van der Waals surface area contributed by atoms with E-state index in [-0.39, 0.29) is 6.04 Å². The van der Waals surface area contributed by atoms with Crippen molar-refractivity contribution in [1.82, 2.24) is 9.62 Å². The summed E-state index contributed by atoms with van der Waals surface area (Å²) in [6.07, 6.45) is 1.76. The molecule has 1 aromatic carbocycles. The van der Waals surface area contributed by atoms with Crippen LogP contribution in [-0.4, -0.2) is 39.0 Å². The number of hydrogen-bond donors (Lipinski definition) is 1. The lowest BCUT2D eigenvalue weighted by Gasteiger charge is -2.31. The van der Waals surface area contributed by atoms with E-state index in [0.717, 1.165) is 36.9 Å². The lowest BCUT2D eigenvalue weighted by Crippen LogP contribution is -2.44. The van der Waals surface area contributed by atoms with Gasteiger partial charge in [0.15, 0.2) is 0 Å². The number of rotatable bonds is 4. The molecule has 0 aromatic heterocycles. The summed E-state index contributed by atoms with van der Waals surface area (Å²) in [5.74, 6) is 0. The molecule has 1 heterocycles. The van der Waals surface area contributed by atoms with Gasteiger partial charge in [-0.25, -0.2) is 13.1 Å². The monoisotopic (exact) mass is 346 g/mol. The molecular weight excluding hydrogens is 328 g/mol.